The van der Waals surface area contributed by atoms with E-state index in [-0.39, 0.29) is 10.8 Å². The van der Waals surface area contributed by atoms with Crippen LogP contribution in [-0.4, -0.2) is 33.9 Å². The highest BCUT2D eigenvalue weighted by Crippen LogP contribution is 2.57. The summed E-state index contributed by atoms with van der Waals surface area (Å²) in [5, 5.41) is 22.4. The largest absolute Gasteiger partial charge is 0.510 e. The number of amidine groups is 1. The number of nitrogens with zero attached hydrogens (tertiary/aromatic N) is 2. The zero-order chi connectivity index (χ0) is 23.5. The van der Waals surface area contributed by atoms with Crippen molar-refractivity contribution in [2.45, 2.75) is 78.1 Å². The number of aliphatic hydroxyl groups excluding tert-OH is 1. The summed E-state index contributed by atoms with van der Waals surface area (Å²) in [6.07, 6.45) is 6.00. The number of aliphatic hydroxyl groups is 1. The summed E-state index contributed by atoms with van der Waals surface area (Å²) in [5.41, 5.74) is 6.43. The van der Waals surface area contributed by atoms with Crippen molar-refractivity contribution in [2.75, 3.05) is 13.1 Å². The Balaban J connectivity index is 1.42. The Morgan fingerprint density at radius 2 is 2.06 bits per heavy atom. The first-order valence-electron chi connectivity index (χ1n) is 12.4. The average molecular weight is 464 g/mol. The monoisotopic (exact) mass is 463 g/mol. The van der Waals surface area contributed by atoms with E-state index in [0.29, 0.717) is 35.5 Å². The smallest absolute Gasteiger partial charge is 0.135 e. The molecule has 4 nitrogen and oxygen atoms in total. The number of hydrogen-bond acceptors (Lipinski definition) is 4. The van der Waals surface area contributed by atoms with Gasteiger partial charge in [0, 0.05) is 17.6 Å². The molecule has 0 bridgehead atoms. The molecule has 3 atom stereocenters. The molecule has 33 heavy (non-hydrogen) atoms. The van der Waals surface area contributed by atoms with E-state index in [1.165, 1.54) is 42.6 Å². The van der Waals surface area contributed by atoms with Gasteiger partial charge in [-0.3, -0.25) is 5.41 Å². The summed E-state index contributed by atoms with van der Waals surface area (Å²) < 4.78 is 0. The Hall–Kier alpha value is -2.14. The van der Waals surface area contributed by atoms with E-state index < -0.39 is 0 Å². The molecular formula is C28H37N3OS. The standard InChI is InChI=1S/C28H37N3OS/c1-17(2)19-7-9-21-20(13-19)8-10-23-27(4,11-6-12-28(21,23)5)16-31-14-22(32)24(25(31)29)26-30-18(3)15-33-26/h7,9,13,15,17,23,29,32H,6,8,10-12,14,16H2,1-5H3/t23-,27+,28-/m1/s1. The van der Waals surface area contributed by atoms with Crippen molar-refractivity contribution in [3.8, 4) is 0 Å². The van der Waals surface area contributed by atoms with Crippen molar-refractivity contribution in [2.24, 2.45) is 11.3 Å². The van der Waals surface area contributed by atoms with E-state index >= 15 is 0 Å². The number of hydrogen-bond donors (Lipinski definition) is 2. The first kappa shape index (κ1) is 22.6. The summed E-state index contributed by atoms with van der Waals surface area (Å²) in [4.78, 5) is 6.65. The molecule has 1 fully saturated rings. The van der Waals surface area contributed by atoms with Gasteiger partial charge in [0.25, 0.3) is 0 Å². The minimum absolute atomic E-state index is 0.113. The van der Waals surface area contributed by atoms with Crippen LogP contribution in [0.15, 0.2) is 29.3 Å². The molecule has 1 aromatic carbocycles. The van der Waals surface area contributed by atoms with Gasteiger partial charge in [-0.15, -0.1) is 11.3 Å². The Morgan fingerprint density at radius 3 is 2.76 bits per heavy atom. The lowest BCUT2D eigenvalue weighted by atomic mass is 9.49. The third-order valence-electron chi connectivity index (χ3n) is 8.74. The second-order valence-electron chi connectivity index (χ2n) is 11.4. The van der Waals surface area contributed by atoms with E-state index in [2.05, 4.69) is 55.8 Å². The Kier molecular flexibility index (Phi) is 5.47. The molecule has 0 saturated heterocycles. The van der Waals surface area contributed by atoms with Gasteiger partial charge in [-0.1, -0.05) is 52.3 Å². The van der Waals surface area contributed by atoms with Gasteiger partial charge in [0.2, 0.25) is 0 Å². The lowest BCUT2D eigenvalue weighted by molar-refractivity contribution is 0.0108. The minimum Gasteiger partial charge on any atom is -0.510 e. The number of fused-ring (bicyclic) bond motifs is 3. The van der Waals surface area contributed by atoms with Gasteiger partial charge in [-0.25, -0.2) is 4.98 Å². The third-order valence-corrected chi connectivity index (χ3v) is 9.71. The van der Waals surface area contributed by atoms with Crippen LogP contribution in [0.5, 0.6) is 0 Å². The van der Waals surface area contributed by atoms with Crippen LogP contribution in [0.2, 0.25) is 0 Å². The first-order valence-corrected chi connectivity index (χ1v) is 13.3. The van der Waals surface area contributed by atoms with E-state index in [9.17, 15) is 5.11 Å². The van der Waals surface area contributed by atoms with Gasteiger partial charge in [0.15, 0.2) is 0 Å². The summed E-state index contributed by atoms with van der Waals surface area (Å²) in [6.45, 7) is 12.7. The number of aryl methyl sites for hydroxylation is 2. The van der Waals surface area contributed by atoms with Crippen LogP contribution >= 0.6 is 11.3 Å². The van der Waals surface area contributed by atoms with Crippen molar-refractivity contribution < 1.29 is 5.11 Å². The number of rotatable bonds is 4. The molecule has 0 unspecified atom stereocenters. The summed E-state index contributed by atoms with van der Waals surface area (Å²) in [7, 11) is 0. The maximum absolute atomic E-state index is 10.8. The van der Waals surface area contributed by atoms with Crippen LogP contribution in [-0.2, 0) is 11.8 Å². The van der Waals surface area contributed by atoms with Crippen LogP contribution in [0, 0.1) is 23.7 Å². The summed E-state index contributed by atoms with van der Waals surface area (Å²) in [6, 6.07) is 7.24. The molecular weight excluding hydrogens is 426 g/mol. The fraction of sp³-hybridized carbons (Fsp3) is 0.571. The molecule has 2 N–H and O–H groups in total. The normalized spacial score (nSPS) is 29.6. The molecule has 2 aromatic rings. The topological polar surface area (TPSA) is 60.2 Å². The van der Waals surface area contributed by atoms with Gasteiger partial charge in [0.1, 0.15) is 16.6 Å². The molecule has 0 radical (unpaired) electrons. The van der Waals surface area contributed by atoms with Crippen LogP contribution in [0.4, 0.5) is 0 Å². The van der Waals surface area contributed by atoms with Crippen LogP contribution in [0.3, 0.4) is 0 Å². The SMILES string of the molecule is Cc1csc(C2=C(O)CN(C[C@]3(C)CCC[C@]4(C)c5ccc(C(C)C)cc5CC[C@H]34)C2=N)n1. The molecule has 2 aliphatic carbocycles. The maximum Gasteiger partial charge on any atom is 0.135 e. The second-order valence-corrected chi connectivity index (χ2v) is 12.3. The van der Waals surface area contributed by atoms with Crippen LogP contribution in [0.25, 0.3) is 5.57 Å². The molecule has 1 aromatic heterocycles. The molecule has 1 saturated carbocycles. The van der Waals surface area contributed by atoms with E-state index in [1.807, 2.05) is 12.3 Å². The molecule has 1 aliphatic heterocycles. The molecule has 5 heteroatoms. The average Bonchev–Trinajstić information content (AvgIpc) is 3.29. The lowest BCUT2D eigenvalue weighted by Crippen LogP contribution is -2.53. The highest BCUT2D eigenvalue weighted by Gasteiger charge is 2.52. The summed E-state index contributed by atoms with van der Waals surface area (Å²) >= 11 is 1.52. The zero-order valence-electron chi connectivity index (χ0n) is 20.7. The van der Waals surface area contributed by atoms with E-state index in [4.69, 9.17) is 5.41 Å². The highest BCUT2D eigenvalue weighted by atomic mass is 32.1. The predicted octanol–water partition coefficient (Wildman–Crippen LogP) is 6.85. The highest BCUT2D eigenvalue weighted by molar-refractivity contribution is 7.11. The molecule has 0 amide bonds. The van der Waals surface area contributed by atoms with Gasteiger partial charge >= 0.3 is 0 Å². The van der Waals surface area contributed by atoms with E-state index in [0.717, 1.165) is 23.7 Å². The Bertz CT molecular complexity index is 1130. The lowest BCUT2D eigenvalue weighted by Gasteiger charge is -2.56. The fourth-order valence-electron chi connectivity index (χ4n) is 7.09. The number of benzene rings is 1. The molecule has 5 rings (SSSR count). The van der Waals surface area contributed by atoms with Crippen molar-refractivity contribution >= 4 is 22.7 Å². The number of thiazole rings is 1. The fourth-order valence-corrected chi connectivity index (χ4v) is 7.95. The van der Waals surface area contributed by atoms with Gasteiger partial charge in [-0.05, 0) is 72.0 Å². The molecule has 2 heterocycles. The Morgan fingerprint density at radius 1 is 1.27 bits per heavy atom. The van der Waals surface area contributed by atoms with Crippen molar-refractivity contribution in [1.29, 1.82) is 5.41 Å². The van der Waals surface area contributed by atoms with Gasteiger partial charge < -0.3 is 10.0 Å². The Labute approximate surface area is 202 Å². The second kappa shape index (κ2) is 7.97. The predicted molar refractivity (Wildman–Crippen MR) is 137 cm³/mol. The number of nitrogens with one attached hydrogen (secondary N) is 1. The molecule has 0 spiro atoms. The summed E-state index contributed by atoms with van der Waals surface area (Å²) in [5.74, 6) is 1.88. The van der Waals surface area contributed by atoms with Crippen molar-refractivity contribution in [3.05, 3.63) is 56.7 Å². The molecule has 3 aliphatic rings. The zero-order valence-corrected chi connectivity index (χ0v) is 21.5. The number of aromatic nitrogens is 1. The first-order chi connectivity index (χ1) is 15.6. The van der Waals surface area contributed by atoms with Crippen molar-refractivity contribution in [1.82, 2.24) is 9.88 Å². The van der Waals surface area contributed by atoms with Crippen LogP contribution < -0.4 is 0 Å². The minimum atomic E-state index is 0.113. The van der Waals surface area contributed by atoms with Gasteiger partial charge in [-0.2, -0.15) is 0 Å². The maximum atomic E-state index is 10.8. The quantitative estimate of drug-likeness (QED) is 0.521. The van der Waals surface area contributed by atoms with Crippen LogP contribution in [0.1, 0.15) is 86.7 Å². The third kappa shape index (κ3) is 3.63. The van der Waals surface area contributed by atoms with E-state index in [1.54, 1.807) is 11.1 Å². The van der Waals surface area contributed by atoms with Gasteiger partial charge in [0.05, 0.1) is 12.1 Å². The molecule has 176 valence electrons. The van der Waals surface area contributed by atoms with Crippen molar-refractivity contribution in [3.63, 3.8) is 0 Å².